The predicted octanol–water partition coefficient (Wildman–Crippen LogP) is 21.6. The highest BCUT2D eigenvalue weighted by atomic mass is 79.9. The number of alkyl halides is 1. The van der Waals surface area contributed by atoms with Gasteiger partial charge in [-0.1, -0.05) is 96.2 Å². The number of carbonyl (C=O) groups excluding carboxylic acids is 2. The van der Waals surface area contributed by atoms with E-state index in [0.717, 1.165) is 129 Å². The summed E-state index contributed by atoms with van der Waals surface area (Å²) < 4.78 is 128. The Balaban J connectivity index is 0.000000164. The summed E-state index contributed by atoms with van der Waals surface area (Å²) in [5.41, 5.74) is 21.0. The predicted molar refractivity (Wildman–Crippen MR) is 518 cm³/mol. The van der Waals surface area contributed by atoms with Crippen LogP contribution in [0.15, 0.2) is 205 Å². The van der Waals surface area contributed by atoms with Crippen molar-refractivity contribution in [2.45, 2.75) is 159 Å². The number of fused-ring (bicyclic) bond motifs is 6. The average Bonchev–Trinajstić information content (AvgIpc) is 1.63. The van der Waals surface area contributed by atoms with Gasteiger partial charge in [0.2, 0.25) is 17.6 Å². The number of rotatable bonds is 30. The molecule has 15 aromatic rings. The summed E-state index contributed by atoms with van der Waals surface area (Å²) in [5, 5.41) is 27.5. The van der Waals surface area contributed by atoms with Gasteiger partial charge in [0, 0.05) is 116 Å². The molecule has 0 saturated heterocycles. The van der Waals surface area contributed by atoms with E-state index in [1.54, 1.807) is 100 Å². The molecule has 0 aliphatic carbocycles. The molecule has 1 N–H and O–H groups in total. The number of carboxylic acids is 1. The van der Waals surface area contributed by atoms with Crippen LogP contribution in [0.2, 0.25) is 0 Å². The normalized spacial score (nSPS) is 12.4. The number of pyridine rings is 3. The van der Waals surface area contributed by atoms with Crippen LogP contribution in [-0.2, 0) is 136 Å². The number of aromatic carboxylic acids is 1. The zero-order valence-electron chi connectivity index (χ0n) is 78.5. The molecule has 18 rings (SSSR count). The maximum absolute atomic E-state index is 14.4. The number of hydrogen-bond acceptors (Lipinski definition) is 22. The molecule has 716 valence electrons. The van der Waals surface area contributed by atoms with E-state index in [1.165, 1.54) is 24.3 Å². The van der Waals surface area contributed by atoms with Gasteiger partial charge >= 0.3 is 17.9 Å². The van der Waals surface area contributed by atoms with Crippen molar-refractivity contribution in [3.05, 3.63) is 334 Å². The number of halogens is 5. The number of aromatic nitrogens is 9. The second-order valence-corrected chi connectivity index (χ2v) is 35.6. The van der Waals surface area contributed by atoms with Gasteiger partial charge in [0.1, 0.15) is 65.9 Å². The van der Waals surface area contributed by atoms with Crippen LogP contribution in [0.3, 0.4) is 0 Å². The van der Waals surface area contributed by atoms with E-state index in [2.05, 4.69) is 48.2 Å². The lowest BCUT2D eigenvalue weighted by atomic mass is 9.94. The van der Waals surface area contributed by atoms with Crippen LogP contribution in [0.1, 0.15) is 177 Å². The molecule has 31 heteroatoms. The molecule has 139 heavy (non-hydrogen) atoms. The minimum Gasteiger partial charge on any atom is -0.478 e. The summed E-state index contributed by atoms with van der Waals surface area (Å²) >= 11 is 3.28. The zero-order valence-corrected chi connectivity index (χ0v) is 79.0. The van der Waals surface area contributed by atoms with E-state index in [1.807, 2.05) is 137 Å². The summed E-state index contributed by atoms with van der Waals surface area (Å²) in [6.45, 7) is 17.0. The third-order valence-electron chi connectivity index (χ3n) is 23.2. The number of carboxylic acid groups (broad SMARTS) is 1. The number of carbonyl (C=O) groups is 3. The number of esters is 2. The van der Waals surface area contributed by atoms with Gasteiger partial charge in [-0.25, -0.2) is 57.5 Å². The number of imidazole rings is 3. The quantitative estimate of drug-likeness (QED) is 0.0323. The first-order chi connectivity index (χ1) is 67.1. The number of benzene rings is 9. The largest absolute Gasteiger partial charge is 0.478 e. The summed E-state index contributed by atoms with van der Waals surface area (Å²) in [4.78, 5) is 66.2. The summed E-state index contributed by atoms with van der Waals surface area (Å²) in [5.74, 6) is 0.574. The van der Waals surface area contributed by atoms with Crippen molar-refractivity contribution in [1.29, 1.82) is 10.5 Å². The fourth-order valence-electron chi connectivity index (χ4n) is 16.5. The van der Waals surface area contributed by atoms with Crippen molar-refractivity contribution in [3.8, 4) is 63.6 Å². The van der Waals surface area contributed by atoms with Crippen LogP contribution in [-0.4, -0.2) is 126 Å². The minimum atomic E-state index is -1.00. The third-order valence-corrected chi connectivity index (χ3v) is 23.7. The second kappa shape index (κ2) is 45.3. The number of nitriles is 2. The first kappa shape index (κ1) is 99.1. The summed E-state index contributed by atoms with van der Waals surface area (Å²) in [7, 11) is 3.96. The molecule has 0 amide bonds. The fraction of sp³-hybridized carbons (Fsp3) is 0.287. The molecule has 0 atom stereocenters. The van der Waals surface area contributed by atoms with Crippen molar-refractivity contribution in [2.75, 3.05) is 48.3 Å². The molecule has 9 aromatic carbocycles. The molecule has 9 heterocycles. The molecule has 3 aliphatic heterocycles. The summed E-state index contributed by atoms with van der Waals surface area (Å²) in [6, 6.07) is 62.1. The molecular weight excluding hydrogens is 1850 g/mol. The third kappa shape index (κ3) is 24.1. The molecule has 26 nitrogen and oxygen atoms in total. The maximum Gasteiger partial charge on any atom is 0.338 e. The van der Waals surface area contributed by atoms with E-state index < -0.39 is 36.0 Å². The minimum absolute atomic E-state index is 0. The molecular formula is C108H104BrF4N11O15. The fourth-order valence-corrected chi connectivity index (χ4v) is 16.9. The Hall–Kier alpha value is -14.4. The van der Waals surface area contributed by atoms with Gasteiger partial charge in [-0.3, -0.25) is 4.39 Å². The average molecular weight is 1950 g/mol. The van der Waals surface area contributed by atoms with Gasteiger partial charge in [-0.2, -0.15) is 10.5 Å². The lowest BCUT2D eigenvalue weighted by Gasteiger charge is -2.19. The number of ether oxygens (including phenoxy) is 11. The second-order valence-electron chi connectivity index (χ2n) is 34.7. The standard InChI is InChI=1S/C37H35FN4O5.C36H35BrFN3O5.C33H27FN4O5.CH3F.CH4/c1-37(2,3)47-36(43)25-11-13-32-33(17-25)42(14-15-44-4)34(40-32)18-24-10-12-27(29-22-45-21-28(24)29)31-6-5-7-35(41-31)46-20-26-9-8-23(19-39)16-30(26)38;1-36(2,3)46-35(42)23-10-13-31-32(16-23)41(14-15-43-4)33(39-31)17-22-9-12-26(28-21-44-20-27(22)28)30-6-5-7-34(40-30)45-19-24-8-11-25(37)18-29(24)38;1-41-12-11-38-30-14-22(33(39)40)8-10-29(30)36-31(38)15-21-7-9-24(26-19-42-18-25(21)26)28-3-2-4-32(37-28)43-17-23-6-5-20(16-35)13-27(23)34;1-2;/h5-13,16-17H,14-15,18,20-22H2,1-4H3;5-13,16,18H,14-15,17,19-21H2,1-4H3;2-10,13-14H,11-12,15,17-19H2,1H3,(H,39,40);1H3;1H4/i;;;1D;. The zero-order chi connectivity index (χ0) is 98.2. The van der Waals surface area contributed by atoms with Gasteiger partial charge in [0.15, 0.2) is 0 Å². The van der Waals surface area contributed by atoms with Crippen LogP contribution in [0.4, 0.5) is 17.6 Å². The van der Waals surface area contributed by atoms with E-state index in [9.17, 15) is 37.1 Å². The maximum atomic E-state index is 14.4. The van der Waals surface area contributed by atoms with Crippen molar-refractivity contribution in [1.82, 2.24) is 43.6 Å². The SMILES string of the molecule is C.COCCn1c(Cc2ccc(-c3cccc(OCc4ccc(Br)cc4F)n3)c3c2COC3)nc2ccc(C(=O)OC(C)(C)C)cc21.COCCn1c(Cc2ccc(-c3cccc(OCc4ccc(C#N)cc4F)n3)c3c2COC3)nc2ccc(C(=O)O)cc21.COCCn1c(Cc2ccc(-c3cccc(OCc4ccc(C#N)cc4F)n3)c3c2COC3)nc2ccc(C(=O)OC(C)(C)C)cc21.[2H]CF. The number of hydrogen-bond donors (Lipinski definition) is 1. The smallest absolute Gasteiger partial charge is 0.338 e. The molecule has 6 aromatic heterocycles. The van der Waals surface area contributed by atoms with Crippen molar-refractivity contribution in [3.63, 3.8) is 0 Å². The van der Waals surface area contributed by atoms with E-state index >= 15 is 0 Å². The molecule has 0 saturated carbocycles. The van der Waals surface area contributed by atoms with Gasteiger partial charge in [0.25, 0.3) is 0 Å². The monoisotopic (exact) mass is 1950 g/mol. The Morgan fingerprint density at radius 1 is 0.424 bits per heavy atom. The topological polar surface area (TPSA) is 313 Å². The van der Waals surface area contributed by atoms with E-state index in [-0.39, 0.29) is 61.7 Å². The first-order valence-electron chi connectivity index (χ1n) is 45.1. The van der Waals surface area contributed by atoms with Crippen molar-refractivity contribution >= 4 is 66.9 Å². The van der Waals surface area contributed by atoms with Gasteiger partial charge < -0.3 is 70.9 Å². The summed E-state index contributed by atoms with van der Waals surface area (Å²) in [6.07, 6.45) is 1.65. The van der Waals surface area contributed by atoms with Gasteiger partial charge in [-0.15, -0.1) is 0 Å². The molecule has 0 spiro atoms. The Labute approximate surface area is 811 Å². The molecule has 3 aliphatic rings. The van der Waals surface area contributed by atoms with Gasteiger partial charge in [-0.05, 0) is 201 Å². The van der Waals surface area contributed by atoms with Crippen LogP contribution >= 0.6 is 15.9 Å². The highest BCUT2D eigenvalue weighted by molar-refractivity contribution is 9.10. The molecule has 0 radical (unpaired) electrons. The van der Waals surface area contributed by atoms with Crippen LogP contribution in [0.5, 0.6) is 17.6 Å². The molecule has 0 fully saturated rings. The van der Waals surface area contributed by atoms with Crippen LogP contribution in [0.25, 0.3) is 66.9 Å². The molecule has 0 bridgehead atoms. The highest BCUT2D eigenvalue weighted by Gasteiger charge is 2.30. The first-order valence-corrected chi connectivity index (χ1v) is 45.1. The van der Waals surface area contributed by atoms with Gasteiger partial charge in [0.05, 0.1) is 158 Å². The Morgan fingerprint density at radius 3 is 1.04 bits per heavy atom. The molecule has 0 unspecified atom stereocenters. The lowest BCUT2D eigenvalue weighted by Crippen LogP contribution is -2.23. The van der Waals surface area contributed by atoms with Crippen LogP contribution in [0, 0.1) is 40.1 Å². The number of methoxy groups -OCH3 is 3. The number of nitrogens with zero attached hydrogens (tertiary/aromatic N) is 11. The Morgan fingerprint density at radius 2 is 0.734 bits per heavy atom. The Bertz CT molecular complexity index is 7190. The lowest BCUT2D eigenvalue weighted by molar-refractivity contribution is 0.00571. The van der Waals surface area contributed by atoms with E-state index in [4.69, 9.17) is 88.9 Å². The Kier molecular flexibility index (Phi) is 32.3. The van der Waals surface area contributed by atoms with Crippen molar-refractivity contribution in [2.24, 2.45) is 0 Å². The van der Waals surface area contributed by atoms with Crippen LogP contribution < -0.4 is 14.2 Å². The highest BCUT2D eigenvalue weighted by Crippen LogP contribution is 2.40. The van der Waals surface area contributed by atoms with Crippen molar-refractivity contribution < 1.29 is 90.5 Å². The van der Waals surface area contributed by atoms with E-state index in [0.29, 0.717) is 154 Å².